The minimum absolute atomic E-state index is 0.156. The molecule has 1 amide bonds. The summed E-state index contributed by atoms with van der Waals surface area (Å²) in [5, 5.41) is 14.0. The van der Waals surface area contributed by atoms with Crippen molar-refractivity contribution >= 4 is 29.3 Å². The number of rotatable bonds is 2. The molecular formula is C13H14ClN5O3. The van der Waals surface area contributed by atoms with Crippen molar-refractivity contribution in [1.29, 1.82) is 0 Å². The Morgan fingerprint density at radius 1 is 1.45 bits per heavy atom. The van der Waals surface area contributed by atoms with Crippen LogP contribution in [-0.4, -0.2) is 39.0 Å². The number of hydrogen-bond donors (Lipinski definition) is 2. The number of fused-ring (bicyclic) bond motifs is 1. The summed E-state index contributed by atoms with van der Waals surface area (Å²) in [6.45, 7) is 1.81. The van der Waals surface area contributed by atoms with Crippen molar-refractivity contribution in [3.8, 4) is 0 Å². The van der Waals surface area contributed by atoms with Crippen LogP contribution in [0.25, 0.3) is 0 Å². The van der Waals surface area contributed by atoms with Gasteiger partial charge in [-0.2, -0.15) is 10.2 Å². The van der Waals surface area contributed by atoms with Crippen LogP contribution in [0.15, 0.2) is 0 Å². The van der Waals surface area contributed by atoms with Crippen molar-refractivity contribution in [3.05, 3.63) is 27.7 Å². The van der Waals surface area contributed by atoms with Gasteiger partial charge in [-0.15, -0.1) is 0 Å². The Morgan fingerprint density at radius 3 is 2.77 bits per heavy atom. The number of amides is 1. The molecule has 9 heteroatoms. The lowest BCUT2D eigenvalue weighted by molar-refractivity contribution is -0.116. The molecule has 0 fully saturated rings. The molecular weight excluding hydrogens is 310 g/mol. The zero-order valence-electron chi connectivity index (χ0n) is 12.2. The number of ether oxygens (including phenoxy) is 1. The lowest BCUT2D eigenvalue weighted by Crippen LogP contribution is -2.25. The number of nitrogens with one attached hydrogen (secondary N) is 2. The molecule has 2 N–H and O–H groups in total. The van der Waals surface area contributed by atoms with Crippen LogP contribution in [0.2, 0.25) is 5.15 Å². The maximum absolute atomic E-state index is 11.9. The summed E-state index contributed by atoms with van der Waals surface area (Å²) in [5.74, 6) is -0.828. The molecule has 3 rings (SSSR count). The van der Waals surface area contributed by atoms with Crippen LogP contribution >= 0.6 is 11.6 Å². The third-order valence-electron chi connectivity index (χ3n) is 3.73. The second-order valence-electron chi connectivity index (χ2n) is 5.07. The number of hydrogen-bond acceptors (Lipinski definition) is 5. The quantitative estimate of drug-likeness (QED) is 0.813. The van der Waals surface area contributed by atoms with Crippen molar-refractivity contribution in [1.82, 2.24) is 20.0 Å². The molecule has 116 valence electrons. The molecule has 0 aliphatic carbocycles. The number of nitrogens with zero attached hydrogens (tertiary/aromatic N) is 3. The Labute approximate surface area is 130 Å². The van der Waals surface area contributed by atoms with Gasteiger partial charge >= 0.3 is 5.97 Å². The van der Waals surface area contributed by atoms with E-state index in [0.29, 0.717) is 27.8 Å². The molecule has 0 bridgehead atoms. The standard InChI is InChI=1S/C13H14ClN5O3/c1-5-8(11(14)19(2)18-5)6-4-7(20)15-12-9(6)10(16-17-12)13(21)22-3/h6H,4H2,1-3H3,(H2,15,16,17,20)/t6-/m1/s1. The minimum Gasteiger partial charge on any atom is -0.464 e. The lowest BCUT2D eigenvalue weighted by atomic mass is 9.86. The van der Waals surface area contributed by atoms with Gasteiger partial charge < -0.3 is 10.1 Å². The van der Waals surface area contributed by atoms with Gasteiger partial charge in [-0.3, -0.25) is 14.6 Å². The molecule has 8 nitrogen and oxygen atoms in total. The van der Waals surface area contributed by atoms with Gasteiger partial charge in [0.2, 0.25) is 5.91 Å². The van der Waals surface area contributed by atoms with Gasteiger partial charge in [-0.25, -0.2) is 4.79 Å². The average Bonchev–Trinajstić information content (AvgIpc) is 2.99. The summed E-state index contributed by atoms with van der Waals surface area (Å²) in [5.41, 5.74) is 2.20. The molecule has 0 saturated heterocycles. The highest BCUT2D eigenvalue weighted by atomic mass is 35.5. The molecule has 0 radical (unpaired) electrons. The van der Waals surface area contributed by atoms with Gasteiger partial charge in [0.15, 0.2) is 5.82 Å². The maximum Gasteiger partial charge on any atom is 0.356 e. The van der Waals surface area contributed by atoms with Crippen LogP contribution in [0.3, 0.4) is 0 Å². The minimum atomic E-state index is -0.549. The van der Waals surface area contributed by atoms with Crippen molar-refractivity contribution < 1.29 is 14.3 Å². The molecule has 0 spiro atoms. The highest BCUT2D eigenvalue weighted by molar-refractivity contribution is 6.30. The van der Waals surface area contributed by atoms with Crippen molar-refractivity contribution in [2.45, 2.75) is 19.3 Å². The first-order chi connectivity index (χ1) is 10.4. The molecule has 2 aromatic rings. The van der Waals surface area contributed by atoms with E-state index in [9.17, 15) is 9.59 Å². The summed E-state index contributed by atoms with van der Waals surface area (Å²) in [7, 11) is 3.01. The van der Waals surface area contributed by atoms with Gasteiger partial charge in [-0.1, -0.05) is 11.6 Å². The van der Waals surface area contributed by atoms with Crippen LogP contribution in [0.1, 0.15) is 39.6 Å². The van der Waals surface area contributed by atoms with Crippen molar-refractivity contribution in [2.24, 2.45) is 7.05 Å². The van der Waals surface area contributed by atoms with Crippen molar-refractivity contribution in [3.63, 3.8) is 0 Å². The fourth-order valence-electron chi connectivity index (χ4n) is 2.80. The van der Waals surface area contributed by atoms with Gasteiger partial charge in [0.05, 0.1) is 12.8 Å². The molecule has 1 aliphatic rings. The Kier molecular flexibility index (Phi) is 3.40. The van der Waals surface area contributed by atoms with Crippen LogP contribution in [-0.2, 0) is 16.6 Å². The van der Waals surface area contributed by atoms with E-state index >= 15 is 0 Å². The average molecular weight is 324 g/mol. The third kappa shape index (κ3) is 2.07. The molecule has 0 saturated carbocycles. The topological polar surface area (TPSA) is 102 Å². The molecule has 3 heterocycles. The Morgan fingerprint density at radius 2 is 2.18 bits per heavy atom. The fraction of sp³-hybridized carbons (Fsp3) is 0.385. The molecule has 1 aliphatic heterocycles. The number of aryl methyl sites for hydroxylation is 2. The zero-order valence-corrected chi connectivity index (χ0v) is 13.0. The van der Waals surface area contributed by atoms with Crippen LogP contribution in [0.5, 0.6) is 0 Å². The van der Waals surface area contributed by atoms with Crippen LogP contribution < -0.4 is 5.32 Å². The van der Waals surface area contributed by atoms with Gasteiger partial charge in [0.25, 0.3) is 0 Å². The smallest absolute Gasteiger partial charge is 0.356 e. The van der Waals surface area contributed by atoms with Crippen molar-refractivity contribution in [2.75, 3.05) is 12.4 Å². The first-order valence-electron chi connectivity index (χ1n) is 6.59. The third-order valence-corrected chi connectivity index (χ3v) is 4.18. The monoisotopic (exact) mass is 323 g/mol. The van der Waals surface area contributed by atoms with E-state index < -0.39 is 11.9 Å². The highest BCUT2D eigenvalue weighted by Crippen LogP contribution is 2.41. The SMILES string of the molecule is COC(=O)c1[nH]nc2c1[C@@H](c1c(C)nn(C)c1Cl)CC(=O)N2. The fourth-order valence-corrected chi connectivity index (χ4v) is 3.11. The van der Waals surface area contributed by atoms with E-state index in [1.807, 2.05) is 6.92 Å². The maximum atomic E-state index is 11.9. The van der Waals surface area contributed by atoms with E-state index in [2.05, 4.69) is 20.6 Å². The highest BCUT2D eigenvalue weighted by Gasteiger charge is 2.37. The second kappa shape index (κ2) is 5.13. The summed E-state index contributed by atoms with van der Waals surface area (Å²) < 4.78 is 6.30. The number of halogens is 1. The van der Waals surface area contributed by atoms with E-state index in [4.69, 9.17) is 16.3 Å². The van der Waals surface area contributed by atoms with Gasteiger partial charge in [-0.05, 0) is 6.92 Å². The number of aromatic nitrogens is 4. The number of aromatic amines is 1. The summed E-state index contributed by atoms with van der Waals surface area (Å²) >= 11 is 6.32. The molecule has 22 heavy (non-hydrogen) atoms. The number of esters is 1. The van der Waals surface area contributed by atoms with E-state index in [1.165, 1.54) is 11.8 Å². The van der Waals surface area contributed by atoms with Crippen LogP contribution in [0.4, 0.5) is 5.82 Å². The first kappa shape index (κ1) is 14.6. The largest absolute Gasteiger partial charge is 0.464 e. The van der Waals surface area contributed by atoms with E-state index in [0.717, 1.165) is 0 Å². The predicted octanol–water partition coefficient (Wildman–Crippen LogP) is 1.37. The molecule has 0 unspecified atom stereocenters. The number of methoxy groups -OCH3 is 1. The summed E-state index contributed by atoms with van der Waals surface area (Å²) in [6, 6.07) is 0. The second-order valence-corrected chi connectivity index (χ2v) is 5.43. The first-order valence-corrected chi connectivity index (χ1v) is 6.97. The van der Waals surface area contributed by atoms with Gasteiger partial charge in [0.1, 0.15) is 10.8 Å². The molecule has 0 aromatic carbocycles. The van der Waals surface area contributed by atoms with E-state index in [1.54, 1.807) is 7.05 Å². The number of carbonyl (C=O) groups is 2. The normalized spacial score (nSPS) is 17.1. The van der Waals surface area contributed by atoms with Crippen LogP contribution in [0, 0.1) is 6.92 Å². The lowest BCUT2D eigenvalue weighted by Gasteiger charge is -2.22. The number of H-pyrrole nitrogens is 1. The molecule has 1 atom stereocenters. The Balaban J connectivity index is 2.20. The predicted molar refractivity (Wildman–Crippen MR) is 78.0 cm³/mol. The Bertz CT molecular complexity index is 779. The van der Waals surface area contributed by atoms with Gasteiger partial charge in [0, 0.05) is 30.5 Å². The number of anilines is 1. The zero-order chi connectivity index (χ0) is 16.0. The number of carbonyl (C=O) groups excluding carboxylic acids is 2. The van der Waals surface area contributed by atoms with E-state index in [-0.39, 0.29) is 18.0 Å². The summed E-state index contributed by atoms with van der Waals surface area (Å²) in [4.78, 5) is 23.9. The Hall–Kier alpha value is -2.35. The summed E-state index contributed by atoms with van der Waals surface area (Å²) in [6.07, 6.45) is 0.156. The molecule has 2 aromatic heterocycles.